The van der Waals surface area contributed by atoms with Gasteiger partial charge in [0, 0.05) is 6.42 Å². The normalized spacial score (nSPS) is 14.2. The monoisotopic (exact) mass is 344 g/mol. The molecule has 0 radical (unpaired) electrons. The number of hydrogen-bond acceptors (Lipinski definition) is 5. The van der Waals surface area contributed by atoms with Gasteiger partial charge in [0.15, 0.2) is 5.78 Å². The summed E-state index contributed by atoms with van der Waals surface area (Å²) in [6.07, 6.45) is 10.9. The van der Waals surface area contributed by atoms with Crippen LogP contribution in [0.25, 0.3) is 0 Å². The third-order valence-electron chi connectivity index (χ3n) is 3.76. The van der Waals surface area contributed by atoms with Crippen LogP contribution in [0.2, 0.25) is 0 Å². The van der Waals surface area contributed by atoms with Crippen LogP contribution in [0.15, 0.2) is 0 Å². The molecule has 0 aliphatic carbocycles. The molecule has 0 spiro atoms. The van der Waals surface area contributed by atoms with Gasteiger partial charge in [-0.15, -0.1) is 0 Å². The second-order valence-electron chi connectivity index (χ2n) is 5.79. The first-order valence-corrected chi connectivity index (χ1v) is 9.35. The van der Waals surface area contributed by atoms with E-state index in [4.69, 9.17) is 0 Å². The Labute approximate surface area is 157 Å². The number of unbranched alkanes of at least 4 members (excludes halogenated alkanes) is 9. The van der Waals surface area contributed by atoms with Crippen molar-refractivity contribution in [2.45, 2.75) is 89.4 Å². The van der Waals surface area contributed by atoms with E-state index in [0.29, 0.717) is 6.42 Å². The molecule has 0 rings (SSSR count). The first-order valence-electron chi connectivity index (χ1n) is 7.94. The summed E-state index contributed by atoms with van der Waals surface area (Å²) < 4.78 is 32.3. The molecular formula is C15H29NaO5S. The Kier molecular flexibility index (Phi) is 14.5. The van der Waals surface area contributed by atoms with E-state index < -0.39 is 20.8 Å². The Hall–Kier alpha value is 0.540. The zero-order valence-corrected chi connectivity index (χ0v) is 17.1. The summed E-state index contributed by atoms with van der Waals surface area (Å²) in [6, 6.07) is 0. The van der Waals surface area contributed by atoms with E-state index >= 15 is 0 Å². The zero-order valence-electron chi connectivity index (χ0n) is 14.3. The largest absolute Gasteiger partial charge is 1.00 e. The smallest absolute Gasteiger partial charge is 0.745 e. The molecular weight excluding hydrogens is 315 g/mol. The maximum absolute atomic E-state index is 11.5. The van der Waals surface area contributed by atoms with Crippen LogP contribution in [-0.2, 0) is 14.9 Å². The molecule has 1 unspecified atom stereocenters. The Balaban J connectivity index is 0. The molecule has 0 fully saturated rings. The van der Waals surface area contributed by atoms with Crippen LogP contribution < -0.4 is 29.6 Å². The third-order valence-corrected chi connectivity index (χ3v) is 4.96. The molecule has 0 aromatic carbocycles. The number of hydrogen-bond donors (Lipinski definition) is 1. The fourth-order valence-electron chi connectivity index (χ4n) is 2.14. The fraction of sp³-hybridized carbons (Fsp3) is 0.933. The predicted octanol–water partition coefficient (Wildman–Crippen LogP) is 0.124. The number of ketones is 1. The molecule has 7 heteroatoms. The van der Waals surface area contributed by atoms with Gasteiger partial charge in [0.25, 0.3) is 0 Å². The summed E-state index contributed by atoms with van der Waals surface area (Å²) in [6.45, 7) is 2.95. The van der Waals surface area contributed by atoms with E-state index in [0.717, 1.165) is 26.2 Å². The number of Topliss-reactive ketones (excluding diaryl/α,β-unsaturated/α-hetero) is 1. The van der Waals surface area contributed by atoms with Crippen LogP contribution >= 0.6 is 0 Å². The minimum atomic E-state index is -5.01. The van der Waals surface area contributed by atoms with Gasteiger partial charge in [0.1, 0.15) is 10.1 Å². The van der Waals surface area contributed by atoms with Crippen LogP contribution in [0.4, 0.5) is 0 Å². The zero-order chi connectivity index (χ0) is 16.4. The van der Waals surface area contributed by atoms with Crippen molar-refractivity contribution in [2.24, 2.45) is 0 Å². The maximum Gasteiger partial charge on any atom is 1.00 e. The molecule has 0 aliphatic heterocycles. The molecule has 5 nitrogen and oxygen atoms in total. The molecule has 1 N–H and O–H groups in total. The van der Waals surface area contributed by atoms with E-state index in [-0.39, 0.29) is 36.0 Å². The average molecular weight is 344 g/mol. The second kappa shape index (κ2) is 12.9. The quantitative estimate of drug-likeness (QED) is 0.291. The Morgan fingerprint density at radius 3 is 1.68 bits per heavy atom. The van der Waals surface area contributed by atoms with Crippen molar-refractivity contribution in [1.29, 1.82) is 0 Å². The Morgan fingerprint density at radius 1 is 0.955 bits per heavy atom. The van der Waals surface area contributed by atoms with Gasteiger partial charge in [0.2, 0.25) is 4.93 Å². The summed E-state index contributed by atoms with van der Waals surface area (Å²) in [7, 11) is -5.01. The molecule has 126 valence electrons. The van der Waals surface area contributed by atoms with Crippen molar-refractivity contribution >= 4 is 15.9 Å². The van der Waals surface area contributed by atoms with Gasteiger partial charge in [-0.2, -0.15) is 0 Å². The SMILES string of the molecule is CCCCCCCCCCCCC(=O)C(C)(O)S(=O)(=O)[O-].[Na+]. The number of carbonyl (C=O) groups excluding carboxylic acids is 1. The topological polar surface area (TPSA) is 94.5 Å². The number of aliphatic hydroxyl groups is 1. The van der Waals surface area contributed by atoms with E-state index in [1.807, 2.05) is 0 Å². The first kappa shape index (κ1) is 24.8. The van der Waals surface area contributed by atoms with Gasteiger partial charge >= 0.3 is 29.6 Å². The van der Waals surface area contributed by atoms with Gasteiger partial charge < -0.3 is 9.66 Å². The molecule has 0 aliphatic rings. The molecule has 0 saturated carbocycles. The minimum Gasteiger partial charge on any atom is -0.745 e. The van der Waals surface area contributed by atoms with Gasteiger partial charge in [-0.05, 0) is 13.3 Å². The van der Waals surface area contributed by atoms with Crippen LogP contribution in [0.1, 0.15) is 84.5 Å². The van der Waals surface area contributed by atoms with Crippen LogP contribution in [0.5, 0.6) is 0 Å². The van der Waals surface area contributed by atoms with E-state index in [9.17, 15) is 22.9 Å². The van der Waals surface area contributed by atoms with E-state index in [1.165, 1.54) is 38.5 Å². The Bertz CT molecular complexity index is 393. The summed E-state index contributed by atoms with van der Waals surface area (Å²) in [5, 5.41) is 9.41. The summed E-state index contributed by atoms with van der Waals surface area (Å²) >= 11 is 0. The number of carbonyl (C=O) groups is 1. The van der Waals surface area contributed by atoms with Crippen molar-refractivity contribution in [1.82, 2.24) is 0 Å². The maximum atomic E-state index is 11.5. The molecule has 22 heavy (non-hydrogen) atoms. The van der Waals surface area contributed by atoms with Crippen molar-refractivity contribution < 1.29 is 52.4 Å². The summed E-state index contributed by atoms with van der Waals surface area (Å²) in [4.78, 5) is 8.73. The summed E-state index contributed by atoms with van der Waals surface area (Å²) in [5.41, 5.74) is 0. The molecule has 0 heterocycles. The first-order chi connectivity index (χ1) is 9.73. The Morgan fingerprint density at radius 2 is 1.32 bits per heavy atom. The number of rotatable bonds is 13. The van der Waals surface area contributed by atoms with E-state index in [2.05, 4.69) is 6.92 Å². The van der Waals surface area contributed by atoms with Crippen molar-refractivity contribution in [2.75, 3.05) is 0 Å². The van der Waals surface area contributed by atoms with Crippen LogP contribution in [0, 0.1) is 0 Å². The summed E-state index contributed by atoms with van der Waals surface area (Å²) in [5.74, 6) is -0.905. The molecule has 0 saturated heterocycles. The van der Waals surface area contributed by atoms with Gasteiger partial charge in [-0.25, -0.2) is 8.42 Å². The molecule has 1 atom stereocenters. The third kappa shape index (κ3) is 10.3. The standard InChI is InChI=1S/C15H30O5S.Na/c1-3-4-5-6-7-8-9-10-11-12-13-14(16)15(2,17)21(18,19)20;/h17H,3-13H2,1-2H3,(H,18,19,20);/q;+1/p-1. The van der Waals surface area contributed by atoms with Crippen molar-refractivity contribution in [3.8, 4) is 0 Å². The van der Waals surface area contributed by atoms with Crippen molar-refractivity contribution in [3.63, 3.8) is 0 Å². The second-order valence-corrected chi connectivity index (χ2v) is 7.50. The van der Waals surface area contributed by atoms with Crippen LogP contribution in [0.3, 0.4) is 0 Å². The molecule has 0 aromatic heterocycles. The van der Waals surface area contributed by atoms with E-state index in [1.54, 1.807) is 0 Å². The van der Waals surface area contributed by atoms with Crippen LogP contribution in [-0.4, -0.2) is 28.8 Å². The average Bonchev–Trinajstić information content (AvgIpc) is 2.39. The minimum absolute atomic E-state index is 0. The molecule has 0 aromatic rings. The van der Waals surface area contributed by atoms with Gasteiger partial charge in [-0.1, -0.05) is 64.7 Å². The fourth-order valence-corrected chi connectivity index (χ4v) is 2.53. The van der Waals surface area contributed by atoms with Gasteiger partial charge in [-0.3, -0.25) is 4.79 Å². The van der Waals surface area contributed by atoms with Gasteiger partial charge in [0.05, 0.1) is 0 Å². The molecule has 0 amide bonds. The predicted molar refractivity (Wildman–Crippen MR) is 81.8 cm³/mol. The van der Waals surface area contributed by atoms with Crippen molar-refractivity contribution in [3.05, 3.63) is 0 Å². The molecule has 0 bridgehead atoms.